The van der Waals surface area contributed by atoms with Crippen LogP contribution in [-0.4, -0.2) is 35.3 Å². The van der Waals surface area contributed by atoms with Crippen LogP contribution in [0.1, 0.15) is 24.5 Å². The van der Waals surface area contributed by atoms with Crippen molar-refractivity contribution in [3.63, 3.8) is 0 Å². The number of nitrogens with zero attached hydrogens (tertiary/aromatic N) is 3. The van der Waals surface area contributed by atoms with Crippen LogP contribution in [0.2, 0.25) is 10.0 Å². The maximum absolute atomic E-state index is 13.7. The molecule has 0 bridgehead atoms. The largest absolute Gasteiger partial charge is 0.299 e. The Hall–Kier alpha value is -2.95. The standard InChI is InChI=1S/C27H25Cl2N3O/c1-2-32-18-24(30-23-16-21(28)15-22(29)17-23)26(27(31-32)20-11-7-4-8-12-20)25(33)14-13-19-9-5-3-6-10-19/h3-12,15-17,26H,2,13-14,18H2,1H3. The van der Waals surface area contributed by atoms with Gasteiger partial charge in [-0.05, 0) is 42.7 Å². The number of aryl methyl sites for hydroxylation is 1. The normalized spacial score (nSPS) is 17.2. The van der Waals surface area contributed by atoms with E-state index in [1.807, 2.05) is 72.6 Å². The number of rotatable bonds is 7. The van der Waals surface area contributed by atoms with E-state index in [-0.39, 0.29) is 5.78 Å². The molecule has 0 N–H and O–H groups in total. The molecule has 4 nitrogen and oxygen atoms in total. The molecule has 6 heteroatoms. The first kappa shape index (κ1) is 23.2. The molecule has 3 aromatic rings. The fraction of sp³-hybridized carbons (Fsp3) is 0.222. The topological polar surface area (TPSA) is 45.0 Å². The third-order valence-electron chi connectivity index (χ3n) is 5.58. The molecule has 0 aromatic heterocycles. The minimum Gasteiger partial charge on any atom is -0.299 e. The van der Waals surface area contributed by atoms with E-state index in [0.29, 0.717) is 41.7 Å². The average molecular weight is 478 g/mol. The van der Waals surface area contributed by atoms with E-state index in [0.717, 1.165) is 22.6 Å². The van der Waals surface area contributed by atoms with Crippen molar-refractivity contribution in [2.45, 2.75) is 19.8 Å². The Morgan fingerprint density at radius 3 is 2.27 bits per heavy atom. The fourth-order valence-electron chi connectivity index (χ4n) is 3.96. The predicted octanol–water partition coefficient (Wildman–Crippen LogP) is 6.62. The molecule has 33 heavy (non-hydrogen) atoms. The van der Waals surface area contributed by atoms with E-state index in [4.69, 9.17) is 33.3 Å². The van der Waals surface area contributed by atoms with Gasteiger partial charge < -0.3 is 0 Å². The van der Waals surface area contributed by atoms with Gasteiger partial charge in [0, 0.05) is 23.0 Å². The molecule has 1 aliphatic rings. The quantitative estimate of drug-likeness (QED) is 0.383. The number of hydrazone groups is 1. The van der Waals surface area contributed by atoms with Crippen molar-refractivity contribution in [3.05, 3.63) is 100 Å². The lowest BCUT2D eigenvalue weighted by Gasteiger charge is -2.31. The van der Waals surface area contributed by atoms with E-state index >= 15 is 0 Å². The molecule has 0 amide bonds. The molecule has 1 atom stereocenters. The van der Waals surface area contributed by atoms with Crippen LogP contribution >= 0.6 is 23.2 Å². The van der Waals surface area contributed by atoms with Crippen LogP contribution < -0.4 is 0 Å². The summed E-state index contributed by atoms with van der Waals surface area (Å²) in [7, 11) is 0. The highest BCUT2D eigenvalue weighted by Gasteiger charge is 2.35. The number of halogens is 2. The van der Waals surface area contributed by atoms with Crippen LogP contribution in [-0.2, 0) is 11.2 Å². The van der Waals surface area contributed by atoms with Crippen molar-refractivity contribution >= 4 is 46.1 Å². The van der Waals surface area contributed by atoms with Gasteiger partial charge in [-0.15, -0.1) is 0 Å². The number of ketones is 1. The first-order valence-electron chi connectivity index (χ1n) is 11.0. The third-order valence-corrected chi connectivity index (χ3v) is 6.02. The number of aliphatic imine (C=N–C) groups is 1. The molecule has 1 aliphatic heterocycles. The average Bonchev–Trinajstić information content (AvgIpc) is 2.82. The summed E-state index contributed by atoms with van der Waals surface area (Å²) in [4.78, 5) is 18.5. The molecule has 0 radical (unpaired) electrons. The number of hydrogen-bond donors (Lipinski definition) is 0. The summed E-state index contributed by atoms with van der Waals surface area (Å²) in [5.74, 6) is -0.430. The molecular weight excluding hydrogens is 453 g/mol. The van der Waals surface area contributed by atoms with Gasteiger partial charge in [0.25, 0.3) is 0 Å². The van der Waals surface area contributed by atoms with Gasteiger partial charge in [-0.3, -0.25) is 14.8 Å². The monoisotopic (exact) mass is 477 g/mol. The minimum atomic E-state index is -0.531. The smallest absolute Gasteiger partial charge is 0.148 e. The van der Waals surface area contributed by atoms with Crippen LogP contribution in [0, 0.1) is 5.92 Å². The molecule has 0 aliphatic carbocycles. The molecule has 3 aromatic carbocycles. The summed E-state index contributed by atoms with van der Waals surface area (Å²) < 4.78 is 0. The van der Waals surface area contributed by atoms with Crippen molar-refractivity contribution in [3.8, 4) is 0 Å². The number of carbonyl (C=O) groups excluding carboxylic acids is 1. The Bertz CT molecular complexity index is 1160. The van der Waals surface area contributed by atoms with Crippen LogP contribution in [0.3, 0.4) is 0 Å². The number of benzene rings is 3. The van der Waals surface area contributed by atoms with E-state index in [1.54, 1.807) is 18.2 Å². The summed E-state index contributed by atoms with van der Waals surface area (Å²) in [6.45, 7) is 3.22. The number of hydrogen-bond acceptors (Lipinski definition) is 4. The Morgan fingerprint density at radius 2 is 1.64 bits per heavy atom. The lowest BCUT2D eigenvalue weighted by atomic mass is 9.85. The lowest BCUT2D eigenvalue weighted by molar-refractivity contribution is -0.119. The van der Waals surface area contributed by atoms with Gasteiger partial charge in [0.05, 0.1) is 23.7 Å². The second-order valence-electron chi connectivity index (χ2n) is 7.95. The van der Waals surface area contributed by atoms with Crippen molar-refractivity contribution < 1.29 is 4.79 Å². The Balaban J connectivity index is 1.74. The van der Waals surface area contributed by atoms with Gasteiger partial charge in [0.2, 0.25) is 0 Å². The Kier molecular flexibility index (Phi) is 7.58. The van der Waals surface area contributed by atoms with Crippen molar-refractivity contribution in [1.82, 2.24) is 5.01 Å². The highest BCUT2D eigenvalue weighted by Crippen LogP contribution is 2.28. The van der Waals surface area contributed by atoms with Crippen LogP contribution in [0.25, 0.3) is 0 Å². The Morgan fingerprint density at radius 1 is 1.00 bits per heavy atom. The summed E-state index contributed by atoms with van der Waals surface area (Å²) in [6.07, 6.45) is 1.08. The molecule has 0 fully saturated rings. The second-order valence-corrected chi connectivity index (χ2v) is 8.82. The first-order valence-corrected chi connectivity index (χ1v) is 11.8. The SMILES string of the molecule is CCN1CC(=Nc2cc(Cl)cc(Cl)c2)C(C(=O)CCc2ccccc2)C(c2ccccc2)=N1. The second kappa shape index (κ2) is 10.8. The van der Waals surface area contributed by atoms with Gasteiger partial charge in [-0.1, -0.05) is 83.9 Å². The Labute approximate surface area is 204 Å². The van der Waals surface area contributed by atoms with Crippen LogP contribution in [0.15, 0.2) is 89.0 Å². The molecule has 0 saturated carbocycles. The van der Waals surface area contributed by atoms with Crippen molar-refractivity contribution in [2.75, 3.05) is 13.1 Å². The molecule has 4 rings (SSSR count). The van der Waals surface area contributed by atoms with Crippen molar-refractivity contribution in [2.24, 2.45) is 16.0 Å². The molecule has 0 saturated heterocycles. The zero-order chi connectivity index (χ0) is 23.2. The van der Waals surface area contributed by atoms with Gasteiger partial charge >= 0.3 is 0 Å². The maximum Gasteiger partial charge on any atom is 0.148 e. The highest BCUT2D eigenvalue weighted by molar-refractivity contribution is 6.35. The van der Waals surface area contributed by atoms with E-state index < -0.39 is 5.92 Å². The zero-order valence-corrected chi connectivity index (χ0v) is 19.9. The first-order chi connectivity index (χ1) is 16.0. The lowest BCUT2D eigenvalue weighted by Crippen LogP contribution is -2.44. The molecular formula is C27H25Cl2N3O. The van der Waals surface area contributed by atoms with Crippen LogP contribution in [0.4, 0.5) is 5.69 Å². The molecule has 0 spiro atoms. The van der Waals surface area contributed by atoms with Gasteiger partial charge in [0.15, 0.2) is 0 Å². The van der Waals surface area contributed by atoms with Crippen LogP contribution in [0.5, 0.6) is 0 Å². The molecule has 1 heterocycles. The predicted molar refractivity (Wildman–Crippen MR) is 137 cm³/mol. The van der Waals surface area contributed by atoms with Crippen molar-refractivity contribution in [1.29, 1.82) is 0 Å². The fourth-order valence-corrected chi connectivity index (χ4v) is 4.48. The van der Waals surface area contributed by atoms with E-state index in [1.165, 1.54) is 0 Å². The third kappa shape index (κ3) is 5.89. The van der Waals surface area contributed by atoms with Gasteiger partial charge in [0.1, 0.15) is 11.7 Å². The van der Waals surface area contributed by atoms with E-state index in [9.17, 15) is 4.79 Å². The number of Topliss-reactive ketones (excluding diaryl/α,β-unsaturated/α-hetero) is 1. The van der Waals surface area contributed by atoms with E-state index in [2.05, 4.69) is 0 Å². The summed E-state index contributed by atoms with van der Waals surface area (Å²) in [5, 5.41) is 7.81. The number of carbonyl (C=O) groups is 1. The maximum atomic E-state index is 13.7. The minimum absolute atomic E-state index is 0.101. The highest BCUT2D eigenvalue weighted by atomic mass is 35.5. The van der Waals surface area contributed by atoms with Gasteiger partial charge in [-0.25, -0.2) is 0 Å². The van der Waals surface area contributed by atoms with Gasteiger partial charge in [-0.2, -0.15) is 5.10 Å². The molecule has 1 unspecified atom stereocenters. The zero-order valence-electron chi connectivity index (χ0n) is 18.4. The summed E-state index contributed by atoms with van der Waals surface area (Å²) in [6, 6.07) is 25.1. The summed E-state index contributed by atoms with van der Waals surface area (Å²) in [5.41, 5.74) is 4.17. The summed E-state index contributed by atoms with van der Waals surface area (Å²) >= 11 is 12.4. The molecule has 168 valence electrons.